The van der Waals surface area contributed by atoms with Crippen LogP contribution < -0.4 is 15.0 Å². The molecule has 0 radical (unpaired) electrons. The summed E-state index contributed by atoms with van der Waals surface area (Å²) in [5, 5.41) is 3.73. The number of anilines is 3. The number of rotatable bonds is 6. The van der Waals surface area contributed by atoms with Gasteiger partial charge in [-0.3, -0.25) is 0 Å². The Bertz CT molecular complexity index is 1540. The highest BCUT2D eigenvalue weighted by Crippen LogP contribution is 2.59. The lowest BCUT2D eigenvalue weighted by atomic mass is 9.74. The molecule has 0 saturated heterocycles. The summed E-state index contributed by atoms with van der Waals surface area (Å²) < 4.78 is 13.2. The molecule has 1 unspecified atom stereocenters. The SMILES string of the molecule is CCc1c(Nc2ccccc2)c(N(CC)CC)cc2c1C1(OC(=O)c3ccccc31)c1ccc(C)cc1O2. The van der Waals surface area contributed by atoms with Crippen LogP contribution >= 0.6 is 0 Å². The minimum absolute atomic E-state index is 0.313. The molecular weight excluding hydrogens is 472 g/mol. The zero-order valence-corrected chi connectivity index (χ0v) is 22.3. The average molecular weight is 505 g/mol. The lowest BCUT2D eigenvalue weighted by Gasteiger charge is -2.40. The number of hydrogen-bond acceptors (Lipinski definition) is 5. The normalized spacial score (nSPS) is 16.8. The molecule has 0 bridgehead atoms. The van der Waals surface area contributed by atoms with Crippen molar-refractivity contribution < 1.29 is 14.3 Å². The summed E-state index contributed by atoms with van der Waals surface area (Å²) in [5.74, 6) is 1.13. The summed E-state index contributed by atoms with van der Waals surface area (Å²) in [6.45, 7) is 10.2. The molecule has 6 rings (SSSR count). The largest absolute Gasteiger partial charge is 0.456 e. The Labute approximate surface area is 224 Å². The van der Waals surface area contributed by atoms with Gasteiger partial charge >= 0.3 is 5.97 Å². The molecule has 5 heteroatoms. The zero-order valence-electron chi connectivity index (χ0n) is 22.3. The quantitative estimate of drug-likeness (QED) is 0.273. The van der Waals surface area contributed by atoms with Crippen molar-refractivity contribution in [3.05, 3.63) is 112 Å². The second-order valence-electron chi connectivity index (χ2n) is 9.86. The van der Waals surface area contributed by atoms with Crippen molar-refractivity contribution in [2.24, 2.45) is 0 Å². The van der Waals surface area contributed by atoms with Crippen molar-refractivity contribution in [1.29, 1.82) is 0 Å². The van der Waals surface area contributed by atoms with Gasteiger partial charge in [-0.25, -0.2) is 4.79 Å². The van der Waals surface area contributed by atoms with Gasteiger partial charge in [0.15, 0.2) is 5.60 Å². The molecule has 1 spiro atoms. The van der Waals surface area contributed by atoms with Crippen LogP contribution in [-0.4, -0.2) is 19.1 Å². The Morgan fingerprint density at radius 1 is 0.842 bits per heavy atom. The second kappa shape index (κ2) is 9.25. The molecule has 1 N–H and O–H groups in total. The lowest BCUT2D eigenvalue weighted by Crippen LogP contribution is -2.35. The van der Waals surface area contributed by atoms with Crippen molar-refractivity contribution in [1.82, 2.24) is 0 Å². The first-order valence-corrected chi connectivity index (χ1v) is 13.4. The van der Waals surface area contributed by atoms with Gasteiger partial charge in [-0.1, -0.05) is 55.5 Å². The number of nitrogens with zero attached hydrogens (tertiary/aromatic N) is 1. The highest BCUT2D eigenvalue weighted by molar-refractivity contribution is 5.98. The Hall–Kier alpha value is -4.25. The Morgan fingerprint density at radius 2 is 1.58 bits per heavy atom. The smallest absolute Gasteiger partial charge is 0.340 e. The summed E-state index contributed by atoms with van der Waals surface area (Å²) in [5.41, 5.74) is 7.35. The van der Waals surface area contributed by atoms with Crippen LogP contribution in [0.5, 0.6) is 11.5 Å². The fourth-order valence-electron chi connectivity index (χ4n) is 6.00. The number of carbonyl (C=O) groups excluding carboxylic acids is 1. The second-order valence-corrected chi connectivity index (χ2v) is 9.86. The fraction of sp³-hybridized carbons (Fsp3) is 0.242. The highest BCUT2D eigenvalue weighted by atomic mass is 16.6. The minimum Gasteiger partial charge on any atom is -0.456 e. The van der Waals surface area contributed by atoms with E-state index in [1.165, 1.54) is 0 Å². The van der Waals surface area contributed by atoms with Gasteiger partial charge in [-0.05, 0) is 62.6 Å². The van der Waals surface area contributed by atoms with Gasteiger partial charge in [0, 0.05) is 36.0 Å². The third kappa shape index (κ3) is 3.49. The molecule has 0 amide bonds. The maximum absolute atomic E-state index is 13.4. The summed E-state index contributed by atoms with van der Waals surface area (Å²) in [4.78, 5) is 15.7. The number of ether oxygens (including phenoxy) is 2. The van der Waals surface area contributed by atoms with Gasteiger partial charge < -0.3 is 19.7 Å². The lowest BCUT2D eigenvalue weighted by molar-refractivity contribution is 0.0222. The number of fused-ring (bicyclic) bond motifs is 6. The predicted molar refractivity (Wildman–Crippen MR) is 152 cm³/mol. The van der Waals surface area contributed by atoms with Crippen molar-refractivity contribution in [2.75, 3.05) is 23.3 Å². The molecule has 0 aliphatic carbocycles. The summed E-state index contributed by atoms with van der Waals surface area (Å²) in [6, 6.07) is 26.2. The van der Waals surface area contributed by atoms with E-state index >= 15 is 0 Å². The van der Waals surface area contributed by atoms with Gasteiger partial charge in [0.2, 0.25) is 0 Å². The first-order chi connectivity index (χ1) is 18.5. The van der Waals surface area contributed by atoms with Crippen LogP contribution in [0.15, 0.2) is 78.9 Å². The molecule has 0 aromatic heterocycles. The maximum Gasteiger partial charge on any atom is 0.340 e. The molecule has 0 saturated carbocycles. The summed E-state index contributed by atoms with van der Waals surface area (Å²) in [6.07, 6.45) is 0.721. The molecule has 0 fully saturated rings. The number of esters is 1. The van der Waals surface area contributed by atoms with Gasteiger partial charge in [0.1, 0.15) is 11.5 Å². The first kappa shape index (κ1) is 24.1. The Morgan fingerprint density at radius 3 is 2.32 bits per heavy atom. The monoisotopic (exact) mass is 504 g/mol. The van der Waals surface area contributed by atoms with Gasteiger partial charge in [-0.2, -0.15) is 0 Å². The Kier molecular flexibility index (Phi) is 5.87. The number of hydrogen-bond donors (Lipinski definition) is 1. The van der Waals surface area contributed by atoms with E-state index in [1.807, 2.05) is 61.5 Å². The van der Waals surface area contributed by atoms with E-state index < -0.39 is 5.60 Å². The van der Waals surface area contributed by atoms with E-state index in [-0.39, 0.29) is 5.97 Å². The highest BCUT2D eigenvalue weighted by Gasteiger charge is 2.55. The van der Waals surface area contributed by atoms with E-state index in [0.29, 0.717) is 5.56 Å². The van der Waals surface area contributed by atoms with Crippen molar-refractivity contribution >= 4 is 23.0 Å². The van der Waals surface area contributed by atoms with E-state index in [1.54, 1.807) is 0 Å². The van der Waals surface area contributed by atoms with E-state index in [9.17, 15) is 4.79 Å². The van der Waals surface area contributed by atoms with Crippen molar-refractivity contribution in [3.8, 4) is 11.5 Å². The van der Waals surface area contributed by atoms with Crippen LogP contribution in [0.3, 0.4) is 0 Å². The van der Waals surface area contributed by atoms with Crippen LogP contribution in [0.25, 0.3) is 0 Å². The van der Waals surface area contributed by atoms with Crippen LogP contribution in [0.1, 0.15) is 58.9 Å². The van der Waals surface area contributed by atoms with Crippen molar-refractivity contribution in [3.63, 3.8) is 0 Å². The van der Waals surface area contributed by atoms with Crippen molar-refractivity contribution in [2.45, 2.75) is 39.7 Å². The number of carbonyl (C=O) groups is 1. The third-order valence-corrected chi connectivity index (χ3v) is 7.74. The molecule has 38 heavy (non-hydrogen) atoms. The van der Waals surface area contributed by atoms with E-state index in [4.69, 9.17) is 9.47 Å². The van der Waals surface area contributed by atoms with Gasteiger partial charge in [0.25, 0.3) is 0 Å². The van der Waals surface area contributed by atoms with Crippen LogP contribution in [0, 0.1) is 6.92 Å². The molecule has 5 nitrogen and oxygen atoms in total. The predicted octanol–water partition coefficient (Wildman–Crippen LogP) is 7.72. The maximum atomic E-state index is 13.4. The van der Waals surface area contributed by atoms with Gasteiger partial charge in [-0.15, -0.1) is 0 Å². The molecule has 2 aliphatic heterocycles. The van der Waals surface area contributed by atoms with E-state index in [0.717, 1.165) is 75.9 Å². The van der Waals surface area contributed by atoms with Gasteiger partial charge in [0.05, 0.1) is 22.5 Å². The Balaban J connectivity index is 1.72. The zero-order chi connectivity index (χ0) is 26.4. The number of para-hydroxylation sites is 1. The third-order valence-electron chi connectivity index (χ3n) is 7.74. The average Bonchev–Trinajstić information content (AvgIpc) is 3.22. The molecular formula is C33H32N2O3. The topological polar surface area (TPSA) is 50.8 Å². The van der Waals surface area contributed by atoms with Crippen LogP contribution in [0.2, 0.25) is 0 Å². The summed E-state index contributed by atoms with van der Waals surface area (Å²) >= 11 is 0. The van der Waals surface area contributed by atoms with E-state index in [2.05, 4.69) is 55.3 Å². The summed E-state index contributed by atoms with van der Waals surface area (Å²) in [7, 11) is 0. The molecule has 4 aromatic carbocycles. The standard InChI is InChI=1S/C33H32N2O3/c1-5-23-30-29(20-27(35(6-2)7-3)31(23)34-22-13-9-8-10-14-22)37-28-19-21(4)17-18-26(28)33(30)25-16-12-11-15-24(25)32(36)38-33/h8-20,34H,5-7H2,1-4H3. The van der Waals surface area contributed by atoms with Crippen LogP contribution in [-0.2, 0) is 16.8 Å². The fourth-order valence-corrected chi connectivity index (χ4v) is 6.00. The molecule has 192 valence electrons. The minimum atomic E-state index is -1.09. The molecule has 1 atom stereocenters. The van der Waals surface area contributed by atoms with Crippen LogP contribution in [0.4, 0.5) is 17.1 Å². The molecule has 2 aliphatic rings. The molecule has 4 aromatic rings. The first-order valence-electron chi connectivity index (χ1n) is 13.4. The number of aryl methyl sites for hydroxylation is 1. The number of nitrogens with one attached hydrogen (secondary N) is 1. The number of benzene rings is 4. The molecule has 2 heterocycles.